The van der Waals surface area contributed by atoms with Crippen LogP contribution in [0.4, 0.5) is 4.79 Å². The van der Waals surface area contributed by atoms with Gasteiger partial charge in [-0.05, 0) is 5.92 Å². The normalized spacial score (nSPS) is 13.3. The van der Waals surface area contributed by atoms with Crippen LogP contribution in [-0.4, -0.2) is 52.8 Å². The predicted molar refractivity (Wildman–Crippen MR) is 70.4 cm³/mol. The monoisotopic (exact) mass is 289 g/mol. The highest BCUT2D eigenvalue weighted by atomic mass is 32.2. The molecule has 8 heteroatoms. The molecule has 0 aliphatic carbocycles. The van der Waals surface area contributed by atoms with Crippen molar-refractivity contribution in [1.82, 2.24) is 10.2 Å². The molecule has 108 valence electrons. The van der Waals surface area contributed by atoms with E-state index in [9.17, 15) is 13.8 Å². The summed E-state index contributed by atoms with van der Waals surface area (Å²) in [6.45, 7) is 3.97. The van der Waals surface area contributed by atoms with E-state index < -0.39 is 28.8 Å². The maximum absolute atomic E-state index is 11.8. The van der Waals surface area contributed by atoms with Crippen LogP contribution >= 0.6 is 0 Å². The summed E-state index contributed by atoms with van der Waals surface area (Å²) >= 11 is 0. The second kappa shape index (κ2) is 8.48. The van der Waals surface area contributed by atoms with Crippen molar-refractivity contribution in [2.24, 2.45) is 5.92 Å². The lowest BCUT2D eigenvalue weighted by atomic mass is 10.2. The Morgan fingerprint density at radius 1 is 1.47 bits per heavy atom. The third kappa shape index (κ3) is 7.41. The molecule has 2 unspecified atom stereocenters. The summed E-state index contributed by atoms with van der Waals surface area (Å²) in [5.74, 6) is -0.525. The van der Waals surface area contributed by atoms with Gasteiger partial charge in [0.1, 0.15) is 6.04 Å². The van der Waals surface area contributed by atoms with Gasteiger partial charge in [0.25, 0.3) is 5.91 Å². The van der Waals surface area contributed by atoms with Gasteiger partial charge in [-0.15, -0.1) is 0 Å². The Hall–Kier alpha value is -1.62. The second-order valence-electron chi connectivity index (χ2n) is 4.43. The lowest BCUT2D eigenvalue weighted by Crippen LogP contribution is -2.49. The molecule has 0 aromatic heterocycles. The summed E-state index contributed by atoms with van der Waals surface area (Å²) in [6, 6.07) is -1.03. The summed E-state index contributed by atoms with van der Waals surface area (Å²) in [7, 11) is -0.0182. The average Bonchev–Trinajstić information content (AvgIpc) is 2.33. The van der Waals surface area contributed by atoms with Gasteiger partial charge in [0.2, 0.25) is 0 Å². The summed E-state index contributed by atoms with van der Waals surface area (Å²) in [4.78, 5) is 24.0. The van der Waals surface area contributed by atoms with E-state index in [1.807, 2.05) is 13.8 Å². The van der Waals surface area contributed by atoms with Crippen LogP contribution in [0.25, 0.3) is 0 Å². The number of nitrogens with one attached hydrogen (secondary N) is 1. The molecule has 0 spiro atoms. The highest BCUT2D eigenvalue weighted by molar-refractivity contribution is 7.84. The Kier molecular flexibility index (Phi) is 7.75. The van der Waals surface area contributed by atoms with Gasteiger partial charge in [0.05, 0.1) is 12.4 Å². The Labute approximate surface area is 115 Å². The first-order valence-corrected chi connectivity index (χ1v) is 7.41. The van der Waals surface area contributed by atoms with Gasteiger partial charge in [-0.25, -0.2) is 4.79 Å². The standard InChI is InChI=1S/C11H19N3O4S/c1-8(2)5-18-11(16)13-9(6-19(4)17)10(15)14(3)7-12/h8-9H,5-6H2,1-4H3,(H,13,16). The number of nitriles is 1. The summed E-state index contributed by atoms with van der Waals surface area (Å²) in [6.07, 6.45) is 2.28. The fourth-order valence-corrected chi connectivity index (χ4v) is 1.81. The molecule has 0 aromatic carbocycles. The molecule has 0 radical (unpaired) electrons. The van der Waals surface area contributed by atoms with Crippen molar-refractivity contribution >= 4 is 22.8 Å². The van der Waals surface area contributed by atoms with Crippen LogP contribution in [0.2, 0.25) is 0 Å². The number of amides is 2. The van der Waals surface area contributed by atoms with Crippen LogP contribution in [0.1, 0.15) is 13.8 Å². The molecular formula is C11H19N3O4S. The highest BCUT2D eigenvalue weighted by Crippen LogP contribution is 1.98. The van der Waals surface area contributed by atoms with Gasteiger partial charge in [0, 0.05) is 24.1 Å². The van der Waals surface area contributed by atoms with Gasteiger partial charge in [-0.2, -0.15) is 5.26 Å². The summed E-state index contributed by atoms with van der Waals surface area (Å²) < 4.78 is 16.1. The molecule has 0 rings (SSSR count). The molecule has 0 heterocycles. The van der Waals surface area contributed by atoms with Crippen molar-refractivity contribution in [3.05, 3.63) is 0 Å². The molecule has 2 amide bonds. The van der Waals surface area contributed by atoms with Gasteiger partial charge in [-0.3, -0.25) is 13.9 Å². The highest BCUT2D eigenvalue weighted by Gasteiger charge is 2.25. The SMILES string of the molecule is CC(C)COC(=O)NC(CS(C)=O)C(=O)N(C)C#N. The van der Waals surface area contributed by atoms with Crippen molar-refractivity contribution < 1.29 is 18.5 Å². The number of nitrogens with zero attached hydrogens (tertiary/aromatic N) is 2. The van der Waals surface area contributed by atoms with Gasteiger partial charge < -0.3 is 10.1 Å². The van der Waals surface area contributed by atoms with Gasteiger partial charge in [-0.1, -0.05) is 13.8 Å². The van der Waals surface area contributed by atoms with Crippen molar-refractivity contribution in [1.29, 1.82) is 5.26 Å². The largest absolute Gasteiger partial charge is 0.449 e. The quantitative estimate of drug-likeness (QED) is 0.550. The fraction of sp³-hybridized carbons (Fsp3) is 0.727. The zero-order valence-electron chi connectivity index (χ0n) is 11.5. The smallest absolute Gasteiger partial charge is 0.407 e. The third-order valence-corrected chi connectivity index (χ3v) is 2.82. The first-order chi connectivity index (χ1) is 8.77. The molecule has 19 heavy (non-hydrogen) atoms. The molecule has 1 N–H and O–H groups in total. The molecule has 0 fully saturated rings. The van der Waals surface area contributed by atoms with Crippen LogP contribution in [0, 0.1) is 17.4 Å². The summed E-state index contributed by atoms with van der Waals surface area (Å²) in [5.41, 5.74) is 0. The van der Waals surface area contributed by atoms with Crippen LogP contribution in [0.15, 0.2) is 0 Å². The van der Waals surface area contributed by atoms with Crippen LogP contribution < -0.4 is 5.32 Å². The zero-order valence-corrected chi connectivity index (χ0v) is 12.3. The summed E-state index contributed by atoms with van der Waals surface area (Å²) in [5, 5.41) is 11.0. The molecular weight excluding hydrogens is 270 g/mol. The lowest BCUT2D eigenvalue weighted by molar-refractivity contribution is -0.128. The van der Waals surface area contributed by atoms with Crippen molar-refractivity contribution in [3.63, 3.8) is 0 Å². The number of rotatable bonds is 6. The molecule has 0 saturated heterocycles. The molecule has 0 aromatic rings. The van der Waals surface area contributed by atoms with E-state index in [0.29, 0.717) is 0 Å². The van der Waals surface area contributed by atoms with Gasteiger partial charge in [0.15, 0.2) is 6.19 Å². The van der Waals surface area contributed by atoms with Crippen molar-refractivity contribution in [3.8, 4) is 6.19 Å². The first kappa shape index (κ1) is 17.4. The van der Waals surface area contributed by atoms with Crippen molar-refractivity contribution in [2.75, 3.05) is 25.7 Å². The molecule has 0 aliphatic heterocycles. The molecule has 0 bridgehead atoms. The second-order valence-corrected chi connectivity index (χ2v) is 5.91. The number of hydrogen-bond acceptors (Lipinski definition) is 5. The predicted octanol–water partition coefficient (Wildman–Crippen LogP) is 0.0552. The van der Waals surface area contributed by atoms with Crippen LogP contribution in [-0.2, 0) is 20.3 Å². The molecule has 0 aliphatic rings. The van der Waals surface area contributed by atoms with Crippen LogP contribution in [0.3, 0.4) is 0 Å². The average molecular weight is 289 g/mol. The minimum Gasteiger partial charge on any atom is -0.449 e. The number of alkyl carbamates (subject to hydrolysis) is 1. The van der Waals surface area contributed by atoms with E-state index in [1.165, 1.54) is 13.3 Å². The molecule has 7 nitrogen and oxygen atoms in total. The number of ether oxygens (including phenoxy) is 1. The maximum Gasteiger partial charge on any atom is 0.407 e. The van der Waals surface area contributed by atoms with E-state index in [2.05, 4.69) is 5.32 Å². The fourth-order valence-electron chi connectivity index (χ4n) is 1.12. The van der Waals surface area contributed by atoms with E-state index >= 15 is 0 Å². The number of carbonyl (C=O) groups excluding carboxylic acids is 2. The number of carbonyl (C=O) groups is 2. The van der Waals surface area contributed by atoms with E-state index in [4.69, 9.17) is 10.00 Å². The van der Waals surface area contributed by atoms with E-state index in [1.54, 1.807) is 6.19 Å². The van der Waals surface area contributed by atoms with E-state index in [0.717, 1.165) is 4.90 Å². The number of likely N-dealkylation sites (N-methyl/N-ethyl adjacent to an activating group) is 1. The van der Waals surface area contributed by atoms with Crippen molar-refractivity contribution in [2.45, 2.75) is 19.9 Å². The Morgan fingerprint density at radius 2 is 2.05 bits per heavy atom. The molecule has 0 saturated carbocycles. The Bertz CT molecular complexity index is 392. The van der Waals surface area contributed by atoms with E-state index in [-0.39, 0.29) is 18.3 Å². The lowest BCUT2D eigenvalue weighted by Gasteiger charge is -2.19. The Morgan fingerprint density at radius 3 is 2.47 bits per heavy atom. The minimum atomic E-state index is -1.29. The third-order valence-electron chi connectivity index (χ3n) is 2.02. The van der Waals surface area contributed by atoms with Crippen LogP contribution in [0.5, 0.6) is 0 Å². The first-order valence-electron chi connectivity index (χ1n) is 5.68. The number of hydrogen-bond donors (Lipinski definition) is 1. The minimum absolute atomic E-state index is 0.0678. The van der Waals surface area contributed by atoms with Gasteiger partial charge >= 0.3 is 6.09 Å². The topological polar surface area (TPSA) is 99.5 Å². The zero-order chi connectivity index (χ0) is 15.0. The maximum atomic E-state index is 11.8. The Balaban J connectivity index is 4.60. The molecule has 2 atom stereocenters.